The third-order valence-corrected chi connectivity index (χ3v) is 2.79. The maximum Gasteiger partial charge on any atom is 0.336 e. The molecule has 3 nitrogen and oxygen atoms in total. The van der Waals surface area contributed by atoms with Crippen LogP contribution in [-0.2, 0) is 4.79 Å². The van der Waals surface area contributed by atoms with Crippen molar-refractivity contribution in [2.75, 3.05) is 0 Å². The molecule has 5 heteroatoms. The Bertz CT molecular complexity index is 628. The lowest BCUT2D eigenvalue weighted by atomic mass is 10.2. The molecule has 1 aromatic heterocycles. The third kappa shape index (κ3) is 3.99. The SMILES string of the molecule is O=C(/C=C/c1cccc(F)c1)Oc1cccnc1Br. The van der Waals surface area contributed by atoms with E-state index in [0.29, 0.717) is 15.9 Å². The quantitative estimate of drug-likeness (QED) is 0.492. The van der Waals surface area contributed by atoms with Crippen molar-refractivity contribution in [3.05, 3.63) is 64.7 Å². The molecule has 0 spiro atoms. The molecule has 0 N–H and O–H groups in total. The molecule has 1 heterocycles. The monoisotopic (exact) mass is 321 g/mol. The van der Waals surface area contributed by atoms with E-state index >= 15 is 0 Å². The van der Waals surface area contributed by atoms with Gasteiger partial charge in [0, 0.05) is 12.3 Å². The van der Waals surface area contributed by atoms with Crippen molar-refractivity contribution in [3.63, 3.8) is 0 Å². The van der Waals surface area contributed by atoms with Crippen LogP contribution in [0.4, 0.5) is 4.39 Å². The van der Waals surface area contributed by atoms with Gasteiger partial charge < -0.3 is 4.74 Å². The van der Waals surface area contributed by atoms with Gasteiger partial charge in [-0.2, -0.15) is 0 Å². The van der Waals surface area contributed by atoms with E-state index in [1.807, 2.05) is 0 Å². The summed E-state index contributed by atoms with van der Waals surface area (Å²) in [6.45, 7) is 0. The summed E-state index contributed by atoms with van der Waals surface area (Å²) < 4.78 is 18.4. The fourth-order valence-electron chi connectivity index (χ4n) is 1.36. The van der Waals surface area contributed by atoms with Gasteiger partial charge in [0.2, 0.25) is 0 Å². The molecule has 0 aliphatic heterocycles. The van der Waals surface area contributed by atoms with Crippen molar-refractivity contribution in [1.29, 1.82) is 0 Å². The summed E-state index contributed by atoms with van der Waals surface area (Å²) in [4.78, 5) is 15.5. The van der Waals surface area contributed by atoms with Crippen LogP contribution in [0.3, 0.4) is 0 Å². The van der Waals surface area contributed by atoms with Crippen LogP contribution in [0, 0.1) is 5.82 Å². The first kappa shape index (κ1) is 13.4. The third-order valence-electron chi connectivity index (χ3n) is 2.20. The van der Waals surface area contributed by atoms with Crippen molar-refractivity contribution in [2.24, 2.45) is 0 Å². The van der Waals surface area contributed by atoms with E-state index in [-0.39, 0.29) is 5.82 Å². The zero-order valence-corrected chi connectivity index (χ0v) is 11.3. The first-order valence-electron chi connectivity index (χ1n) is 5.41. The van der Waals surface area contributed by atoms with E-state index in [1.165, 1.54) is 24.3 Å². The number of carbonyl (C=O) groups is 1. The highest BCUT2D eigenvalue weighted by Gasteiger charge is 2.05. The molecule has 1 aromatic carbocycles. The van der Waals surface area contributed by atoms with Crippen molar-refractivity contribution >= 4 is 28.0 Å². The minimum atomic E-state index is -0.557. The van der Waals surface area contributed by atoms with Gasteiger partial charge in [0.05, 0.1) is 0 Å². The van der Waals surface area contributed by atoms with E-state index in [9.17, 15) is 9.18 Å². The van der Waals surface area contributed by atoms with Gasteiger partial charge in [-0.15, -0.1) is 0 Å². The van der Waals surface area contributed by atoms with Gasteiger partial charge in [-0.3, -0.25) is 0 Å². The number of rotatable bonds is 3. The molecule has 0 unspecified atom stereocenters. The lowest BCUT2D eigenvalue weighted by Crippen LogP contribution is -2.04. The minimum Gasteiger partial charge on any atom is -0.420 e. The highest BCUT2D eigenvalue weighted by atomic mass is 79.9. The summed E-state index contributed by atoms with van der Waals surface area (Å²) in [6.07, 6.45) is 4.29. The van der Waals surface area contributed by atoms with Crippen LogP contribution in [0.25, 0.3) is 6.08 Å². The molecular weight excluding hydrogens is 313 g/mol. The predicted octanol–water partition coefficient (Wildman–Crippen LogP) is 3.60. The molecule has 96 valence electrons. The first-order chi connectivity index (χ1) is 9.15. The van der Waals surface area contributed by atoms with Crippen molar-refractivity contribution < 1.29 is 13.9 Å². The lowest BCUT2D eigenvalue weighted by Gasteiger charge is -2.02. The Balaban J connectivity index is 2.04. The number of hydrogen-bond donors (Lipinski definition) is 0. The predicted molar refractivity (Wildman–Crippen MR) is 73.0 cm³/mol. The van der Waals surface area contributed by atoms with E-state index < -0.39 is 5.97 Å². The molecule has 0 atom stereocenters. The second-order valence-electron chi connectivity index (χ2n) is 3.60. The average molecular weight is 322 g/mol. The zero-order chi connectivity index (χ0) is 13.7. The van der Waals surface area contributed by atoms with E-state index in [2.05, 4.69) is 20.9 Å². The summed E-state index contributed by atoms with van der Waals surface area (Å²) in [5.74, 6) is -0.583. The molecule has 2 aromatic rings. The number of halogens is 2. The Morgan fingerprint density at radius 2 is 2.16 bits per heavy atom. The minimum absolute atomic E-state index is 0.330. The highest BCUT2D eigenvalue weighted by Crippen LogP contribution is 2.21. The Morgan fingerprint density at radius 3 is 2.89 bits per heavy atom. The molecule has 0 saturated heterocycles. The van der Waals surface area contributed by atoms with Crippen molar-refractivity contribution in [3.8, 4) is 5.75 Å². The Labute approximate surface area is 117 Å². The topological polar surface area (TPSA) is 39.2 Å². The Kier molecular flexibility index (Phi) is 4.41. The van der Waals surface area contributed by atoms with Crippen molar-refractivity contribution in [1.82, 2.24) is 4.98 Å². The molecule has 0 aliphatic rings. The molecule has 0 radical (unpaired) electrons. The summed E-state index contributed by atoms with van der Waals surface area (Å²) in [6, 6.07) is 9.19. The first-order valence-corrected chi connectivity index (χ1v) is 6.20. The maximum atomic E-state index is 12.9. The van der Waals surface area contributed by atoms with Crippen LogP contribution in [0.1, 0.15) is 5.56 Å². The number of hydrogen-bond acceptors (Lipinski definition) is 3. The van der Waals surface area contributed by atoms with Crippen LogP contribution < -0.4 is 4.74 Å². The van der Waals surface area contributed by atoms with E-state index in [1.54, 1.807) is 30.5 Å². The number of aromatic nitrogens is 1. The van der Waals surface area contributed by atoms with Crippen LogP contribution in [0.2, 0.25) is 0 Å². The molecule has 0 amide bonds. The van der Waals surface area contributed by atoms with Gasteiger partial charge in [0.25, 0.3) is 0 Å². The normalized spacial score (nSPS) is 10.6. The van der Waals surface area contributed by atoms with E-state index in [4.69, 9.17) is 4.74 Å². The summed E-state index contributed by atoms with van der Waals surface area (Å²) >= 11 is 3.17. The average Bonchev–Trinajstić information content (AvgIpc) is 2.39. The van der Waals surface area contributed by atoms with Gasteiger partial charge in [0.15, 0.2) is 5.75 Å². The molecule has 0 bridgehead atoms. The van der Waals surface area contributed by atoms with Crippen LogP contribution >= 0.6 is 15.9 Å². The molecule has 0 fully saturated rings. The van der Waals surface area contributed by atoms with Gasteiger partial charge in [0.1, 0.15) is 10.4 Å². The Morgan fingerprint density at radius 1 is 1.32 bits per heavy atom. The summed E-state index contributed by atoms with van der Waals surface area (Å²) in [7, 11) is 0. The molecule has 19 heavy (non-hydrogen) atoms. The second kappa shape index (κ2) is 6.24. The number of benzene rings is 1. The fourth-order valence-corrected chi connectivity index (χ4v) is 1.70. The van der Waals surface area contributed by atoms with Crippen LogP contribution in [0.5, 0.6) is 5.75 Å². The molecular formula is C14H9BrFNO2. The van der Waals surface area contributed by atoms with Gasteiger partial charge in [-0.25, -0.2) is 14.2 Å². The molecule has 0 aliphatic carbocycles. The zero-order valence-electron chi connectivity index (χ0n) is 9.72. The fraction of sp³-hybridized carbons (Fsp3) is 0. The maximum absolute atomic E-state index is 12.9. The number of pyridine rings is 1. The van der Waals surface area contributed by atoms with Crippen LogP contribution in [-0.4, -0.2) is 11.0 Å². The smallest absolute Gasteiger partial charge is 0.336 e. The molecule has 2 rings (SSSR count). The van der Waals surface area contributed by atoms with E-state index in [0.717, 1.165) is 0 Å². The van der Waals surface area contributed by atoms with Gasteiger partial charge in [-0.1, -0.05) is 12.1 Å². The number of nitrogens with zero attached hydrogens (tertiary/aromatic N) is 1. The van der Waals surface area contributed by atoms with Gasteiger partial charge in [-0.05, 0) is 51.8 Å². The largest absolute Gasteiger partial charge is 0.420 e. The Hall–Kier alpha value is -2.01. The number of carbonyl (C=O) groups excluding carboxylic acids is 1. The summed E-state index contributed by atoms with van der Waals surface area (Å²) in [5.41, 5.74) is 0.585. The number of ether oxygens (including phenoxy) is 1. The summed E-state index contributed by atoms with van der Waals surface area (Å²) in [5, 5.41) is 0. The lowest BCUT2D eigenvalue weighted by molar-refractivity contribution is -0.128. The van der Waals surface area contributed by atoms with Crippen LogP contribution in [0.15, 0.2) is 53.3 Å². The van der Waals surface area contributed by atoms with Crippen molar-refractivity contribution in [2.45, 2.75) is 0 Å². The molecule has 0 saturated carbocycles. The standard InChI is InChI=1S/C14H9BrFNO2/c15-14-12(5-2-8-17-14)19-13(18)7-6-10-3-1-4-11(16)9-10/h1-9H/b7-6+. The van der Waals surface area contributed by atoms with Gasteiger partial charge >= 0.3 is 5.97 Å². The highest BCUT2D eigenvalue weighted by molar-refractivity contribution is 9.10. The second-order valence-corrected chi connectivity index (χ2v) is 4.35. The number of esters is 1.